The molecule has 196 valence electrons. The molecular weight excluding hydrogens is 460 g/mol. The first-order valence-corrected chi connectivity index (χ1v) is 13.8. The van der Waals surface area contributed by atoms with E-state index in [4.69, 9.17) is 9.97 Å². The monoisotopic (exact) mass is 502 g/mol. The van der Waals surface area contributed by atoms with Crippen molar-refractivity contribution in [3.63, 3.8) is 0 Å². The minimum atomic E-state index is -0.280. The number of aromatic nitrogens is 2. The quantitative estimate of drug-likeness (QED) is 0.239. The lowest BCUT2D eigenvalue weighted by Crippen LogP contribution is -2.24. The number of nitrogens with zero attached hydrogens (tertiary/aromatic N) is 2. The zero-order valence-corrected chi connectivity index (χ0v) is 24.8. The summed E-state index contributed by atoms with van der Waals surface area (Å²) in [6, 6.07) is 27.0. The largest absolute Gasteiger partial charge is 0.252 e. The van der Waals surface area contributed by atoms with Crippen LogP contribution in [0.3, 0.4) is 0 Å². The third-order valence-electron chi connectivity index (χ3n) is 8.42. The summed E-state index contributed by atoms with van der Waals surface area (Å²) in [7, 11) is 0. The molecule has 1 aliphatic heterocycles. The molecule has 0 saturated carbocycles. The SMILES string of the molecule is CC(C)(C)c1cc2nc(c1)C(C)(C)c1cccc(c1)-c1cc(C(C)(C)C)cc(n1)C(C)(C)c1cccc-2c1. The molecule has 38 heavy (non-hydrogen) atoms. The van der Waals surface area contributed by atoms with E-state index in [1.807, 2.05) is 0 Å². The van der Waals surface area contributed by atoms with Gasteiger partial charge in [0, 0.05) is 22.0 Å². The summed E-state index contributed by atoms with van der Waals surface area (Å²) < 4.78 is 0. The number of hydrogen-bond acceptors (Lipinski definition) is 2. The molecule has 0 aliphatic carbocycles. The fourth-order valence-electron chi connectivity index (χ4n) is 5.29. The smallest absolute Gasteiger partial charge is 0.0708 e. The maximum Gasteiger partial charge on any atom is 0.0708 e. The highest BCUT2D eigenvalue weighted by Gasteiger charge is 2.31. The molecule has 0 amide bonds. The molecular formula is C36H42N2. The molecule has 4 aromatic rings. The van der Waals surface area contributed by atoms with Crippen LogP contribution in [-0.4, -0.2) is 9.97 Å². The zero-order chi connectivity index (χ0) is 27.7. The van der Waals surface area contributed by atoms with E-state index in [0.717, 1.165) is 33.9 Å². The Kier molecular flexibility index (Phi) is 5.98. The number of benzene rings is 2. The number of pyridine rings is 2. The highest BCUT2D eigenvalue weighted by molar-refractivity contribution is 5.66. The van der Waals surface area contributed by atoms with Crippen molar-refractivity contribution in [1.82, 2.24) is 9.97 Å². The Labute approximate surface area is 229 Å². The van der Waals surface area contributed by atoms with E-state index in [9.17, 15) is 0 Å². The maximum absolute atomic E-state index is 5.32. The van der Waals surface area contributed by atoms with E-state index >= 15 is 0 Å². The van der Waals surface area contributed by atoms with Crippen LogP contribution >= 0.6 is 0 Å². The summed E-state index contributed by atoms with van der Waals surface area (Å²) in [4.78, 5) is 10.6. The third kappa shape index (κ3) is 4.59. The number of rotatable bonds is 0. The van der Waals surface area contributed by atoms with Crippen LogP contribution in [0.25, 0.3) is 22.5 Å². The summed E-state index contributed by atoms with van der Waals surface area (Å²) in [5.41, 5.74) is 11.1. The molecule has 2 heteroatoms. The van der Waals surface area contributed by atoms with Gasteiger partial charge in [-0.25, -0.2) is 0 Å². The summed E-state index contributed by atoms with van der Waals surface area (Å²) in [5, 5.41) is 0. The Morgan fingerprint density at radius 2 is 0.868 bits per heavy atom. The van der Waals surface area contributed by atoms with E-state index in [2.05, 4.69) is 142 Å². The second-order valence-corrected chi connectivity index (χ2v) is 14.2. The van der Waals surface area contributed by atoms with E-state index < -0.39 is 0 Å². The molecule has 3 heterocycles. The van der Waals surface area contributed by atoms with Crippen LogP contribution in [0.4, 0.5) is 0 Å². The first-order chi connectivity index (χ1) is 17.6. The Hall–Kier alpha value is -3.26. The lowest BCUT2D eigenvalue weighted by Gasteiger charge is -2.31. The fraction of sp³-hybridized carbons (Fsp3) is 0.389. The van der Waals surface area contributed by atoms with Gasteiger partial charge in [-0.1, -0.05) is 106 Å². The molecule has 8 bridgehead atoms. The second kappa shape index (κ2) is 8.63. The van der Waals surface area contributed by atoms with Crippen LogP contribution < -0.4 is 0 Å². The van der Waals surface area contributed by atoms with Crippen molar-refractivity contribution in [3.8, 4) is 22.5 Å². The minimum Gasteiger partial charge on any atom is -0.252 e. The van der Waals surface area contributed by atoms with Gasteiger partial charge < -0.3 is 0 Å². The van der Waals surface area contributed by atoms with Crippen LogP contribution in [0.2, 0.25) is 0 Å². The summed E-state index contributed by atoms with van der Waals surface area (Å²) >= 11 is 0. The van der Waals surface area contributed by atoms with Crippen LogP contribution in [0.1, 0.15) is 103 Å². The van der Waals surface area contributed by atoms with Gasteiger partial charge in [-0.3, -0.25) is 9.97 Å². The van der Waals surface area contributed by atoms with Crippen molar-refractivity contribution in [2.75, 3.05) is 0 Å². The van der Waals surface area contributed by atoms with E-state index in [0.29, 0.717) is 0 Å². The summed E-state index contributed by atoms with van der Waals surface area (Å²) in [6.07, 6.45) is 0. The van der Waals surface area contributed by atoms with E-state index in [-0.39, 0.29) is 21.7 Å². The van der Waals surface area contributed by atoms with Crippen molar-refractivity contribution >= 4 is 0 Å². The molecule has 2 nitrogen and oxygen atoms in total. The second-order valence-electron chi connectivity index (χ2n) is 14.2. The Morgan fingerprint density at radius 3 is 1.21 bits per heavy atom. The van der Waals surface area contributed by atoms with Gasteiger partial charge in [0.25, 0.3) is 0 Å². The van der Waals surface area contributed by atoms with Gasteiger partial charge in [0.05, 0.1) is 22.8 Å². The van der Waals surface area contributed by atoms with Gasteiger partial charge in [-0.15, -0.1) is 0 Å². The molecule has 0 radical (unpaired) electrons. The van der Waals surface area contributed by atoms with Gasteiger partial charge in [0.1, 0.15) is 0 Å². The van der Waals surface area contributed by atoms with Crippen molar-refractivity contribution in [2.45, 2.75) is 90.9 Å². The highest BCUT2D eigenvalue weighted by Crippen LogP contribution is 2.40. The van der Waals surface area contributed by atoms with Gasteiger partial charge in [0.2, 0.25) is 0 Å². The molecule has 0 N–H and O–H groups in total. The lowest BCUT2D eigenvalue weighted by molar-refractivity contribution is 0.573. The van der Waals surface area contributed by atoms with Crippen molar-refractivity contribution < 1.29 is 0 Å². The normalized spacial score (nSPS) is 16.1. The first kappa shape index (κ1) is 26.4. The van der Waals surface area contributed by atoms with E-state index in [1.54, 1.807) is 0 Å². The molecule has 0 unspecified atom stereocenters. The Bertz CT molecular complexity index is 1410. The summed E-state index contributed by atoms with van der Waals surface area (Å²) in [5.74, 6) is 0. The third-order valence-corrected chi connectivity index (χ3v) is 8.42. The first-order valence-electron chi connectivity index (χ1n) is 13.8. The fourth-order valence-corrected chi connectivity index (χ4v) is 5.29. The standard InChI is InChI=1S/C36H42N2/c1-33(2,3)27-19-29-23-13-11-16-26(17-23)36(9,10)32-22-28(34(4,5)6)20-30(38-32)24-14-12-15-25(18-24)35(7,8)31(21-27)37-29/h11-22H,1-10H3. The Balaban J connectivity index is 1.90. The Morgan fingerprint density at radius 1 is 0.500 bits per heavy atom. The molecule has 5 rings (SSSR count). The van der Waals surface area contributed by atoms with Crippen LogP contribution in [0, 0.1) is 0 Å². The summed E-state index contributed by atoms with van der Waals surface area (Å²) in [6.45, 7) is 22.9. The van der Waals surface area contributed by atoms with Crippen LogP contribution in [0.5, 0.6) is 0 Å². The van der Waals surface area contributed by atoms with Crippen LogP contribution in [-0.2, 0) is 21.7 Å². The minimum absolute atomic E-state index is 0.0113. The molecule has 2 aromatic carbocycles. The van der Waals surface area contributed by atoms with Gasteiger partial charge >= 0.3 is 0 Å². The van der Waals surface area contributed by atoms with Crippen molar-refractivity contribution in [2.24, 2.45) is 0 Å². The van der Waals surface area contributed by atoms with Gasteiger partial charge in [-0.05, 0) is 69.5 Å². The maximum atomic E-state index is 5.32. The topological polar surface area (TPSA) is 25.8 Å². The van der Waals surface area contributed by atoms with E-state index in [1.165, 1.54) is 22.3 Å². The lowest BCUT2D eigenvalue weighted by atomic mass is 9.76. The van der Waals surface area contributed by atoms with Crippen molar-refractivity contribution in [3.05, 3.63) is 106 Å². The average molecular weight is 503 g/mol. The molecule has 0 saturated heterocycles. The molecule has 0 spiro atoms. The number of hydrogen-bond donors (Lipinski definition) is 0. The molecule has 0 atom stereocenters. The molecule has 1 aliphatic rings. The van der Waals surface area contributed by atoms with Crippen molar-refractivity contribution in [1.29, 1.82) is 0 Å². The average Bonchev–Trinajstić information content (AvgIpc) is 2.87. The van der Waals surface area contributed by atoms with Gasteiger partial charge in [-0.2, -0.15) is 0 Å². The predicted molar refractivity (Wildman–Crippen MR) is 161 cm³/mol. The molecule has 2 aromatic heterocycles. The highest BCUT2D eigenvalue weighted by atomic mass is 14.8. The van der Waals surface area contributed by atoms with Gasteiger partial charge in [0.15, 0.2) is 0 Å². The number of fused-ring (bicyclic) bond motifs is 10. The predicted octanol–water partition coefficient (Wildman–Crippen LogP) is 9.37. The molecule has 0 fully saturated rings. The zero-order valence-electron chi connectivity index (χ0n) is 24.8. The van der Waals surface area contributed by atoms with Crippen LogP contribution in [0.15, 0.2) is 72.8 Å².